The Labute approximate surface area is 118 Å². The minimum Gasteiger partial charge on any atom is -0.385 e. The lowest BCUT2D eigenvalue weighted by Crippen LogP contribution is -2.19. The molecule has 2 aromatic rings. The fourth-order valence-electron chi connectivity index (χ4n) is 2.52. The molecule has 1 aromatic heterocycles. The van der Waals surface area contributed by atoms with Crippen molar-refractivity contribution in [1.29, 1.82) is 0 Å². The molecule has 2 heterocycles. The molecule has 20 heavy (non-hydrogen) atoms. The number of carbonyl (C=O) groups excluding carboxylic acids is 1. The standard InChI is InChI=1S/C16H17N3O/c1-11-5-2-9-15(18-11)19-16(20)13-6-3-8-14-12(13)7-4-10-17-14/h2-3,5-6,8-9,17H,4,7,10H2,1H3,(H,18,19,20). The van der Waals surface area contributed by atoms with Gasteiger partial charge >= 0.3 is 0 Å². The topological polar surface area (TPSA) is 54.0 Å². The first kappa shape index (κ1) is 12.7. The Hall–Kier alpha value is -2.36. The molecule has 102 valence electrons. The summed E-state index contributed by atoms with van der Waals surface area (Å²) in [6, 6.07) is 11.4. The van der Waals surface area contributed by atoms with E-state index in [0.717, 1.165) is 41.9 Å². The van der Waals surface area contributed by atoms with Gasteiger partial charge in [-0.2, -0.15) is 0 Å². The van der Waals surface area contributed by atoms with Gasteiger partial charge in [-0.25, -0.2) is 4.98 Å². The van der Waals surface area contributed by atoms with Crippen molar-refractivity contribution in [3.05, 3.63) is 53.2 Å². The smallest absolute Gasteiger partial charge is 0.257 e. The van der Waals surface area contributed by atoms with Gasteiger partial charge in [0.2, 0.25) is 0 Å². The van der Waals surface area contributed by atoms with Crippen LogP contribution in [0.2, 0.25) is 0 Å². The SMILES string of the molecule is Cc1cccc(NC(=O)c2cccc3c2CCCN3)n1. The number of aromatic nitrogens is 1. The van der Waals surface area contributed by atoms with Crippen molar-refractivity contribution in [2.45, 2.75) is 19.8 Å². The first-order valence-electron chi connectivity index (χ1n) is 6.85. The molecule has 0 saturated heterocycles. The second-order valence-electron chi connectivity index (χ2n) is 4.98. The van der Waals surface area contributed by atoms with E-state index in [1.807, 2.05) is 37.3 Å². The quantitative estimate of drug-likeness (QED) is 0.879. The van der Waals surface area contributed by atoms with E-state index < -0.39 is 0 Å². The van der Waals surface area contributed by atoms with Gasteiger partial charge in [-0.1, -0.05) is 12.1 Å². The lowest BCUT2D eigenvalue weighted by atomic mass is 9.97. The van der Waals surface area contributed by atoms with Gasteiger partial charge in [0.1, 0.15) is 5.82 Å². The third kappa shape index (κ3) is 2.50. The van der Waals surface area contributed by atoms with Crippen molar-refractivity contribution in [3.63, 3.8) is 0 Å². The van der Waals surface area contributed by atoms with Crippen LogP contribution in [-0.2, 0) is 6.42 Å². The Kier molecular flexibility index (Phi) is 3.37. The Balaban J connectivity index is 1.88. The van der Waals surface area contributed by atoms with Crippen LogP contribution in [0.15, 0.2) is 36.4 Å². The summed E-state index contributed by atoms with van der Waals surface area (Å²) in [5, 5.41) is 6.21. The average Bonchev–Trinajstić information content (AvgIpc) is 2.46. The first-order chi connectivity index (χ1) is 9.74. The van der Waals surface area contributed by atoms with Gasteiger partial charge < -0.3 is 10.6 Å². The van der Waals surface area contributed by atoms with E-state index in [2.05, 4.69) is 15.6 Å². The van der Waals surface area contributed by atoms with Crippen LogP contribution in [0.1, 0.15) is 28.0 Å². The molecule has 1 amide bonds. The van der Waals surface area contributed by atoms with Crippen molar-refractivity contribution in [2.24, 2.45) is 0 Å². The number of aryl methyl sites for hydroxylation is 1. The highest BCUT2D eigenvalue weighted by molar-refractivity contribution is 6.05. The molecule has 0 spiro atoms. The van der Waals surface area contributed by atoms with Crippen LogP contribution < -0.4 is 10.6 Å². The van der Waals surface area contributed by atoms with E-state index in [1.54, 1.807) is 6.07 Å². The second kappa shape index (κ2) is 5.33. The molecule has 0 saturated carbocycles. The van der Waals surface area contributed by atoms with Gasteiger partial charge in [0.25, 0.3) is 5.91 Å². The highest BCUT2D eigenvalue weighted by atomic mass is 16.1. The Bertz CT molecular complexity index is 652. The lowest BCUT2D eigenvalue weighted by molar-refractivity contribution is 0.102. The molecule has 0 bridgehead atoms. The number of rotatable bonds is 2. The molecule has 3 rings (SSSR count). The monoisotopic (exact) mass is 267 g/mol. The van der Waals surface area contributed by atoms with Gasteiger partial charge in [-0.3, -0.25) is 4.79 Å². The zero-order chi connectivity index (χ0) is 13.9. The minimum absolute atomic E-state index is 0.0938. The van der Waals surface area contributed by atoms with Gasteiger partial charge in [0, 0.05) is 23.5 Å². The number of hydrogen-bond acceptors (Lipinski definition) is 3. The lowest BCUT2D eigenvalue weighted by Gasteiger charge is -2.20. The van der Waals surface area contributed by atoms with E-state index in [0.29, 0.717) is 5.82 Å². The summed E-state index contributed by atoms with van der Waals surface area (Å²) < 4.78 is 0. The number of nitrogens with one attached hydrogen (secondary N) is 2. The zero-order valence-electron chi connectivity index (χ0n) is 11.4. The summed E-state index contributed by atoms with van der Waals surface area (Å²) in [5.74, 6) is 0.500. The number of anilines is 2. The fourth-order valence-corrected chi connectivity index (χ4v) is 2.52. The van der Waals surface area contributed by atoms with Gasteiger partial charge in [0.15, 0.2) is 0 Å². The molecule has 4 heteroatoms. The maximum atomic E-state index is 12.4. The summed E-state index contributed by atoms with van der Waals surface area (Å²) in [4.78, 5) is 16.7. The van der Waals surface area contributed by atoms with Crippen molar-refractivity contribution in [1.82, 2.24) is 4.98 Å². The molecule has 0 unspecified atom stereocenters. The fraction of sp³-hybridized carbons (Fsp3) is 0.250. The second-order valence-corrected chi connectivity index (χ2v) is 4.98. The summed E-state index contributed by atoms with van der Waals surface area (Å²) in [5.41, 5.74) is 3.79. The molecule has 0 fully saturated rings. The number of nitrogens with zero attached hydrogens (tertiary/aromatic N) is 1. The van der Waals surface area contributed by atoms with Crippen LogP contribution in [0.4, 0.5) is 11.5 Å². The maximum Gasteiger partial charge on any atom is 0.257 e. The number of hydrogen-bond donors (Lipinski definition) is 2. The average molecular weight is 267 g/mol. The summed E-state index contributed by atoms with van der Waals surface area (Å²) in [6.07, 6.45) is 1.99. The van der Waals surface area contributed by atoms with Crippen LogP contribution >= 0.6 is 0 Å². The summed E-state index contributed by atoms with van der Waals surface area (Å²) in [7, 11) is 0. The van der Waals surface area contributed by atoms with E-state index in [1.165, 1.54) is 0 Å². The normalized spacial score (nSPS) is 13.2. The van der Waals surface area contributed by atoms with Crippen LogP contribution in [-0.4, -0.2) is 17.4 Å². The highest BCUT2D eigenvalue weighted by Crippen LogP contribution is 2.25. The van der Waals surface area contributed by atoms with Crippen LogP contribution in [0.5, 0.6) is 0 Å². The van der Waals surface area contributed by atoms with E-state index in [4.69, 9.17) is 0 Å². The minimum atomic E-state index is -0.0938. The predicted molar refractivity (Wildman–Crippen MR) is 80.2 cm³/mol. The third-order valence-corrected chi connectivity index (χ3v) is 3.47. The molecular formula is C16H17N3O. The Morgan fingerprint density at radius 1 is 1.25 bits per heavy atom. The van der Waals surface area contributed by atoms with Crippen LogP contribution in [0, 0.1) is 6.92 Å². The largest absolute Gasteiger partial charge is 0.385 e. The predicted octanol–water partition coefficient (Wildman–Crippen LogP) is 3.00. The number of benzene rings is 1. The third-order valence-electron chi connectivity index (χ3n) is 3.47. The molecule has 1 aromatic carbocycles. The van der Waals surface area contributed by atoms with Gasteiger partial charge in [0.05, 0.1) is 0 Å². The van der Waals surface area contributed by atoms with Gasteiger partial charge in [-0.05, 0) is 49.6 Å². The molecule has 4 nitrogen and oxygen atoms in total. The summed E-state index contributed by atoms with van der Waals surface area (Å²) >= 11 is 0. The molecule has 0 atom stereocenters. The molecule has 0 aliphatic carbocycles. The van der Waals surface area contributed by atoms with Gasteiger partial charge in [-0.15, -0.1) is 0 Å². The van der Waals surface area contributed by atoms with E-state index >= 15 is 0 Å². The van der Waals surface area contributed by atoms with Crippen LogP contribution in [0.25, 0.3) is 0 Å². The number of carbonyl (C=O) groups is 1. The van der Waals surface area contributed by atoms with Crippen molar-refractivity contribution in [3.8, 4) is 0 Å². The van der Waals surface area contributed by atoms with Crippen molar-refractivity contribution < 1.29 is 4.79 Å². The van der Waals surface area contributed by atoms with E-state index in [9.17, 15) is 4.79 Å². The number of pyridine rings is 1. The number of fused-ring (bicyclic) bond motifs is 1. The summed E-state index contributed by atoms with van der Waals surface area (Å²) in [6.45, 7) is 2.88. The Morgan fingerprint density at radius 2 is 2.10 bits per heavy atom. The van der Waals surface area contributed by atoms with Crippen molar-refractivity contribution >= 4 is 17.4 Å². The molecular weight excluding hydrogens is 250 g/mol. The Morgan fingerprint density at radius 3 is 2.95 bits per heavy atom. The molecule has 1 aliphatic heterocycles. The zero-order valence-corrected chi connectivity index (χ0v) is 11.4. The maximum absolute atomic E-state index is 12.4. The van der Waals surface area contributed by atoms with E-state index in [-0.39, 0.29) is 5.91 Å². The molecule has 2 N–H and O–H groups in total. The highest BCUT2D eigenvalue weighted by Gasteiger charge is 2.17. The molecule has 0 radical (unpaired) electrons. The molecule has 1 aliphatic rings. The first-order valence-corrected chi connectivity index (χ1v) is 6.85. The van der Waals surface area contributed by atoms with Crippen molar-refractivity contribution in [2.75, 3.05) is 17.2 Å². The van der Waals surface area contributed by atoms with Crippen LogP contribution in [0.3, 0.4) is 0 Å². The number of amides is 1.